The summed E-state index contributed by atoms with van der Waals surface area (Å²) in [6.45, 7) is 4.06. The van der Waals surface area contributed by atoms with Gasteiger partial charge in [-0.15, -0.1) is 0 Å². The molecule has 0 heterocycles. The van der Waals surface area contributed by atoms with E-state index in [1.54, 1.807) is 7.11 Å². The van der Waals surface area contributed by atoms with E-state index in [1.165, 1.54) is 6.42 Å². The lowest BCUT2D eigenvalue weighted by Gasteiger charge is -1.89. The van der Waals surface area contributed by atoms with E-state index < -0.39 is 0 Å². The lowest BCUT2D eigenvalue weighted by molar-refractivity contribution is 0.213. The van der Waals surface area contributed by atoms with Gasteiger partial charge in [0.1, 0.15) is 7.11 Å². The van der Waals surface area contributed by atoms with E-state index in [4.69, 9.17) is 0 Å². The van der Waals surface area contributed by atoms with Crippen LogP contribution in [0.25, 0.3) is 0 Å². The number of allylic oxidation sites excluding steroid dienone is 2. The fraction of sp³-hybridized carbons (Fsp3) is 0.625. The van der Waals surface area contributed by atoms with Crippen molar-refractivity contribution in [3.8, 4) is 0 Å². The second kappa shape index (κ2) is 6.33. The third-order valence-electron chi connectivity index (χ3n) is 1.05. The van der Waals surface area contributed by atoms with Crippen LogP contribution in [-0.4, -0.2) is 12.8 Å². The molecule has 0 rings (SSSR count). The highest BCUT2D eigenvalue weighted by molar-refractivity contribution is 5.92. The standard InChI is InChI=1S/C8H15NO/c1-4-5-6-7-8(2)9-10-3/h6-7H,4-5H2,1-3H3. The maximum Gasteiger partial charge on any atom is 0.106 e. The summed E-state index contributed by atoms with van der Waals surface area (Å²) in [6.07, 6.45) is 6.35. The monoisotopic (exact) mass is 141 g/mol. The quantitative estimate of drug-likeness (QED) is 0.435. The SMILES string of the molecule is CCCC=CC(C)=NOC. The lowest BCUT2D eigenvalue weighted by Crippen LogP contribution is -1.84. The van der Waals surface area contributed by atoms with Crippen LogP contribution >= 0.6 is 0 Å². The molecule has 0 N–H and O–H groups in total. The van der Waals surface area contributed by atoms with E-state index in [0.29, 0.717) is 0 Å². The van der Waals surface area contributed by atoms with E-state index in [9.17, 15) is 0 Å². The second-order valence-corrected chi connectivity index (χ2v) is 2.11. The van der Waals surface area contributed by atoms with Crippen LogP contribution in [0.3, 0.4) is 0 Å². The van der Waals surface area contributed by atoms with Gasteiger partial charge >= 0.3 is 0 Å². The van der Waals surface area contributed by atoms with Crippen molar-refractivity contribution in [3.05, 3.63) is 12.2 Å². The van der Waals surface area contributed by atoms with E-state index in [1.807, 2.05) is 13.0 Å². The third-order valence-corrected chi connectivity index (χ3v) is 1.05. The van der Waals surface area contributed by atoms with Gasteiger partial charge in [-0.1, -0.05) is 24.6 Å². The predicted octanol–water partition coefficient (Wildman–Crippen LogP) is 2.37. The van der Waals surface area contributed by atoms with Crippen LogP contribution < -0.4 is 0 Å². The normalized spacial score (nSPS) is 12.5. The van der Waals surface area contributed by atoms with Crippen LogP contribution in [0, 0.1) is 0 Å². The highest BCUT2D eigenvalue weighted by Gasteiger charge is 1.80. The average Bonchev–Trinajstić information content (AvgIpc) is 1.89. The Hall–Kier alpha value is -0.790. The molecule has 10 heavy (non-hydrogen) atoms. The summed E-state index contributed by atoms with van der Waals surface area (Å²) in [5, 5.41) is 3.73. The highest BCUT2D eigenvalue weighted by atomic mass is 16.6. The molecule has 0 aliphatic heterocycles. The fourth-order valence-corrected chi connectivity index (χ4v) is 0.595. The third kappa shape index (κ3) is 5.35. The molecule has 0 fully saturated rings. The molecule has 0 aromatic heterocycles. The predicted molar refractivity (Wildman–Crippen MR) is 44.2 cm³/mol. The second-order valence-electron chi connectivity index (χ2n) is 2.11. The zero-order valence-electron chi connectivity index (χ0n) is 6.92. The summed E-state index contributed by atoms with van der Waals surface area (Å²) in [7, 11) is 1.55. The number of hydrogen-bond acceptors (Lipinski definition) is 2. The molecule has 0 aromatic rings. The molecule has 58 valence electrons. The molecule has 0 spiro atoms. The molecule has 0 atom stereocenters. The molecular weight excluding hydrogens is 126 g/mol. The van der Waals surface area contributed by atoms with Crippen LogP contribution in [0.5, 0.6) is 0 Å². The van der Waals surface area contributed by atoms with Gasteiger partial charge in [-0.25, -0.2) is 0 Å². The average molecular weight is 141 g/mol. The molecule has 0 bridgehead atoms. The van der Waals surface area contributed by atoms with Crippen molar-refractivity contribution >= 4 is 5.71 Å². The van der Waals surface area contributed by atoms with E-state index in [0.717, 1.165) is 12.1 Å². The summed E-state index contributed by atoms with van der Waals surface area (Å²) in [5.41, 5.74) is 0.913. The van der Waals surface area contributed by atoms with Gasteiger partial charge < -0.3 is 4.84 Å². The molecule has 2 heteroatoms. The first-order valence-electron chi connectivity index (χ1n) is 3.55. The summed E-state index contributed by atoms with van der Waals surface area (Å²) in [5.74, 6) is 0. The number of unbranched alkanes of at least 4 members (excludes halogenated alkanes) is 1. The zero-order valence-corrected chi connectivity index (χ0v) is 6.92. The summed E-state index contributed by atoms with van der Waals surface area (Å²) in [4.78, 5) is 4.57. The molecule has 0 saturated heterocycles. The van der Waals surface area contributed by atoms with Gasteiger partial charge in [0.05, 0.1) is 5.71 Å². The van der Waals surface area contributed by atoms with E-state index in [2.05, 4.69) is 23.0 Å². The molecule has 0 amide bonds. The van der Waals surface area contributed by atoms with Crippen LogP contribution in [0.15, 0.2) is 17.3 Å². The Morgan fingerprint density at radius 2 is 2.30 bits per heavy atom. The summed E-state index contributed by atoms with van der Waals surface area (Å²) < 4.78 is 0. The first-order chi connectivity index (χ1) is 4.81. The zero-order chi connectivity index (χ0) is 7.82. The Bertz CT molecular complexity index is 127. The Kier molecular flexibility index (Phi) is 5.83. The van der Waals surface area contributed by atoms with E-state index >= 15 is 0 Å². The minimum atomic E-state index is 0.913. The maximum absolute atomic E-state index is 4.57. The maximum atomic E-state index is 4.57. The summed E-state index contributed by atoms with van der Waals surface area (Å²) >= 11 is 0. The molecule has 0 aliphatic rings. The number of rotatable bonds is 4. The van der Waals surface area contributed by atoms with Gasteiger partial charge in [-0.05, 0) is 19.4 Å². The van der Waals surface area contributed by atoms with Crippen molar-refractivity contribution in [2.24, 2.45) is 5.16 Å². The lowest BCUT2D eigenvalue weighted by atomic mass is 10.3. The van der Waals surface area contributed by atoms with Gasteiger partial charge in [-0.3, -0.25) is 0 Å². The Labute approximate surface area is 62.6 Å². The van der Waals surface area contributed by atoms with Crippen molar-refractivity contribution in [3.63, 3.8) is 0 Å². The van der Waals surface area contributed by atoms with Crippen molar-refractivity contribution < 1.29 is 4.84 Å². The highest BCUT2D eigenvalue weighted by Crippen LogP contribution is 1.89. The first-order valence-corrected chi connectivity index (χ1v) is 3.55. The molecule has 0 radical (unpaired) electrons. The Balaban J connectivity index is 3.55. The van der Waals surface area contributed by atoms with Crippen LogP contribution in [0.4, 0.5) is 0 Å². The topological polar surface area (TPSA) is 21.6 Å². The molecule has 0 aromatic carbocycles. The Morgan fingerprint density at radius 3 is 2.80 bits per heavy atom. The number of nitrogens with zero attached hydrogens (tertiary/aromatic N) is 1. The minimum Gasteiger partial charge on any atom is -0.399 e. The van der Waals surface area contributed by atoms with Gasteiger partial charge in [0.2, 0.25) is 0 Å². The van der Waals surface area contributed by atoms with E-state index in [-0.39, 0.29) is 0 Å². The van der Waals surface area contributed by atoms with Crippen LogP contribution in [-0.2, 0) is 4.84 Å². The number of hydrogen-bond donors (Lipinski definition) is 0. The summed E-state index contributed by atoms with van der Waals surface area (Å²) in [6, 6.07) is 0. The molecular formula is C8H15NO. The number of oxime groups is 1. The van der Waals surface area contributed by atoms with Crippen molar-refractivity contribution in [1.82, 2.24) is 0 Å². The Morgan fingerprint density at radius 1 is 1.60 bits per heavy atom. The smallest absolute Gasteiger partial charge is 0.106 e. The minimum absolute atomic E-state index is 0.913. The van der Waals surface area contributed by atoms with Crippen molar-refractivity contribution in [2.75, 3.05) is 7.11 Å². The van der Waals surface area contributed by atoms with Crippen molar-refractivity contribution in [1.29, 1.82) is 0 Å². The molecule has 0 saturated carbocycles. The van der Waals surface area contributed by atoms with Gasteiger partial charge in [0.15, 0.2) is 0 Å². The van der Waals surface area contributed by atoms with Gasteiger partial charge in [-0.2, -0.15) is 0 Å². The molecule has 0 aliphatic carbocycles. The molecule has 0 unspecified atom stereocenters. The fourth-order valence-electron chi connectivity index (χ4n) is 0.595. The van der Waals surface area contributed by atoms with Gasteiger partial charge in [0.25, 0.3) is 0 Å². The largest absolute Gasteiger partial charge is 0.399 e. The first kappa shape index (κ1) is 9.21. The van der Waals surface area contributed by atoms with Crippen molar-refractivity contribution in [2.45, 2.75) is 26.7 Å². The molecule has 2 nitrogen and oxygen atoms in total. The van der Waals surface area contributed by atoms with Crippen LogP contribution in [0.1, 0.15) is 26.7 Å². The van der Waals surface area contributed by atoms with Crippen LogP contribution in [0.2, 0.25) is 0 Å². The van der Waals surface area contributed by atoms with Gasteiger partial charge in [0, 0.05) is 0 Å².